The minimum Gasteiger partial charge on any atom is -0.490 e. The van der Waals surface area contributed by atoms with Crippen molar-refractivity contribution in [3.05, 3.63) is 29.3 Å². The van der Waals surface area contributed by atoms with Gasteiger partial charge in [0.25, 0.3) is 0 Å². The first-order valence-corrected chi connectivity index (χ1v) is 7.83. The molecule has 1 fully saturated rings. The fourth-order valence-corrected chi connectivity index (χ4v) is 3.67. The zero-order valence-corrected chi connectivity index (χ0v) is 12.3. The first-order chi connectivity index (χ1) is 9.74. The van der Waals surface area contributed by atoms with Crippen molar-refractivity contribution in [2.24, 2.45) is 0 Å². The minimum atomic E-state index is -0.153. The molecule has 3 nitrogen and oxygen atoms in total. The fourth-order valence-electron chi connectivity index (χ4n) is 3.67. The average molecular weight is 275 g/mol. The molecule has 2 atom stereocenters. The second-order valence-corrected chi connectivity index (χ2v) is 6.31. The third kappa shape index (κ3) is 2.70. The molecule has 0 bridgehead atoms. The quantitative estimate of drug-likeness (QED) is 0.887. The van der Waals surface area contributed by atoms with Crippen LogP contribution in [-0.4, -0.2) is 30.4 Å². The summed E-state index contributed by atoms with van der Waals surface area (Å²) in [5.41, 5.74) is 2.79. The first-order valence-electron chi connectivity index (χ1n) is 7.83. The standard InChI is InChI=1S/C17H25NO2/c1-18-17(12-19)9-3-6-16(11-17)20-15-8-7-13-4-2-5-14(13)10-15/h7-8,10,16,18-19H,2-6,9,11-12H2,1H3. The van der Waals surface area contributed by atoms with Crippen LogP contribution in [0.5, 0.6) is 5.75 Å². The molecular formula is C17H25NO2. The fraction of sp³-hybridized carbons (Fsp3) is 0.647. The molecule has 0 spiro atoms. The van der Waals surface area contributed by atoms with E-state index in [0.717, 1.165) is 31.4 Å². The van der Waals surface area contributed by atoms with Gasteiger partial charge in [-0.1, -0.05) is 6.07 Å². The molecule has 2 unspecified atom stereocenters. The molecule has 1 saturated carbocycles. The number of aliphatic hydroxyl groups is 1. The molecule has 0 saturated heterocycles. The zero-order valence-electron chi connectivity index (χ0n) is 12.3. The Balaban J connectivity index is 1.68. The Kier molecular flexibility index (Phi) is 3.99. The zero-order chi connectivity index (χ0) is 14.0. The van der Waals surface area contributed by atoms with Gasteiger partial charge in [-0.2, -0.15) is 0 Å². The third-order valence-electron chi connectivity index (χ3n) is 5.01. The highest BCUT2D eigenvalue weighted by molar-refractivity contribution is 5.38. The van der Waals surface area contributed by atoms with Crippen molar-refractivity contribution in [1.29, 1.82) is 0 Å². The summed E-state index contributed by atoms with van der Waals surface area (Å²) < 4.78 is 6.19. The van der Waals surface area contributed by atoms with Crippen molar-refractivity contribution in [1.82, 2.24) is 5.32 Å². The Morgan fingerprint density at radius 3 is 2.95 bits per heavy atom. The van der Waals surface area contributed by atoms with Crippen molar-refractivity contribution < 1.29 is 9.84 Å². The van der Waals surface area contributed by atoms with Gasteiger partial charge in [0.05, 0.1) is 6.61 Å². The number of aliphatic hydroxyl groups excluding tert-OH is 1. The summed E-state index contributed by atoms with van der Waals surface area (Å²) in [6, 6.07) is 6.55. The van der Waals surface area contributed by atoms with Gasteiger partial charge in [-0.05, 0) is 68.8 Å². The maximum atomic E-state index is 9.63. The molecule has 110 valence electrons. The molecule has 20 heavy (non-hydrogen) atoms. The Labute approximate surface area is 121 Å². The number of hydrogen-bond donors (Lipinski definition) is 2. The molecule has 2 aliphatic rings. The van der Waals surface area contributed by atoms with Gasteiger partial charge >= 0.3 is 0 Å². The van der Waals surface area contributed by atoms with Crippen LogP contribution in [0.1, 0.15) is 43.2 Å². The Hall–Kier alpha value is -1.06. The number of likely N-dealkylation sites (N-methyl/N-ethyl adjacent to an activating group) is 1. The van der Waals surface area contributed by atoms with Gasteiger partial charge in [0.15, 0.2) is 0 Å². The molecule has 1 aromatic carbocycles. The maximum Gasteiger partial charge on any atom is 0.120 e. The van der Waals surface area contributed by atoms with Crippen LogP contribution < -0.4 is 10.1 Å². The van der Waals surface area contributed by atoms with E-state index < -0.39 is 0 Å². The number of nitrogens with one attached hydrogen (secondary N) is 1. The number of rotatable bonds is 4. The van der Waals surface area contributed by atoms with E-state index in [-0.39, 0.29) is 18.2 Å². The lowest BCUT2D eigenvalue weighted by atomic mass is 9.80. The van der Waals surface area contributed by atoms with Gasteiger partial charge in [-0.15, -0.1) is 0 Å². The van der Waals surface area contributed by atoms with Crippen LogP contribution in [0.15, 0.2) is 18.2 Å². The second kappa shape index (κ2) is 5.74. The lowest BCUT2D eigenvalue weighted by Gasteiger charge is -2.39. The van der Waals surface area contributed by atoms with Crippen molar-refractivity contribution >= 4 is 0 Å². The van der Waals surface area contributed by atoms with Crippen LogP contribution in [0.3, 0.4) is 0 Å². The Morgan fingerprint density at radius 1 is 1.30 bits per heavy atom. The normalized spacial score (nSPS) is 29.2. The lowest BCUT2D eigenvalue weighted by Crippen LogP contribution is -2.52. The number of hydrogen-bond acceptors (Lipinski definition) is 3. The lowest BCUT2D eigenvalue weighted by molar-refractivity contribution is 0.0554. The molecule has 2 aliphatic carbocycles. The van der Waals surface area contributed by atoms with Crippen molar-refractivity contribution in [2.75, 3.05) is 13.7 Å². The summed E-state index contributed by atoms with van der Waals surface area (Å²) in [6.45, 7) is 0.188. The van der Waals surface area contributed by atoms with E-state index in [2.05, 4.69) is 23.5 Å². The van der Waals surface area contributed by atoms with Crippen LogP contribution in [0.4, 0.5) is 0 Å². The molecule has 0 amide bonds. The average Bonchev–Trinajstić information content (AvgIpc) is 2.95. The maximum absolute atomic E-state index is 9.63. The second-order valence-electron chi connectivity index (χ2n) is 6.31. The van der Waals surface area contributed by atoms with E-state index in [1.807, 2.05) is 7.05 Å². The first kappa shape index (κ1) is 13.9. The molecule has 0 aromatic heterocycles. The highest BCUT2D eigenvalue weighted by Crippen LogP contribution is 2.32. The van der Waals surface area contributed by atoms with E-state index in [1.54, 1.807) is 0 Å². The van der Waals surface area contributed by atoms with Crippen LogP contribution in [0.25, 0.3) is 0 Å². The summed E-state index contributed by atoms with van der Waals surface area (Å²) >= 11 is 0. The van der Waals surface area contributed by atoms with Gasteiger partial charge < -0.3 is 15.2 Å². The number of aryl methyl sites for hydroxylation is 2. The van der Waals surface area contributed by atoms with Crippen molar-refractivity contribution in [3.63, 3.8) is 0 Å². The van der Waals surface area contributed by atoms with Gasteiger partial charge in [0.2, 0.25) is 0 Å². The number of benzene rings is 1. The summed E-state index contributed by atoms with van der Waals surface area (Å²) in [5, 5.41) is 12.9. The largest absolute Gasteiger partial charge is 0.490 e. The van der Waals surface area contributed by atoms with E-state index in [9.17, 15) is 5.11 Å². The summed E-state index contributed by atoms with van der Waals surface area (Å²) in [4.78, 5) is 0. The van der Waals surface area contributed by atoms with E-state index in [4.69, 9.17) is 4.74 Å². The summed E-state index contributed by atoms with van der Waals surface area (Å²) in [5.74, 6) is 1.00. The van der Waals surface area contributed by atoms with E-state index >= 15 is 0 Å². The minimum absolute atomic E-state index is 0.153. The molecule has 0 heterocycles. The van der Waals surface area contributed by atoms with Crippen LogP contribution in [0, 0.1) is 0 Å². The highest BCUT2D eigenvalue weighted by atomic mass is 16.5. The molecule has 2 N–H and O–H groups in total. The molecule has 1 aromatic rings. The van der Waals surface area contributed by atoms with Gasteiger partial charge in [-0.3, -0.25) is 0 Å². The summed E-state index contributed by atoms with van der Waals surface area (Å²) in [7, 11) is 1.94. The summed E-state index contributed by atoms with van der Waals surface area (Å²) in [6.07, 6.45) is 8.00. The molecule has 3 heteroatoms. The smallest absolute Gasteiger partial charge is 0.120 e. The van der Waals surface area contributed by atoms with Crippen LogP contribution in [-0.2, 0) is 12.8 Å². The highest BCUT2D eigenvalue weighted by Gasteiger charge is 2.35. The third-order valence-corrected chi connectivity index (χ3v) is 5.01. The van der Waals surface area contributed by atoms with Crippen LogP contribution in [0.2, 0.25) is 0 Å². The van der Waals surface area contributed by atoms with Crippen molar-refractivity contribution in [2.45, 2.75) is 56.6 Å². The van der Waals surface area contributed by atoms with Gasteiger partial charge in [0, 0.05) is 12.0 Å². The predicted octanol–water partition coefficient (Wildman–Crippen LogP) is 2.45. The molecular weight excluding hydrogens is 250 g/mol. The predicted molar refractivity (Wildman–Crippen MR) is 80.2 cm³/mol. The Bertz CT molecular complexity index is 468. The molecule has 0 aliphatic heterocycles. The van der Waals surface area contributed by atoms with Gasteiger partial charge in [0.1, 0.15) is 11.9 Å². The van der Waals surface area contributed by atoms with Crippen LogP contribution >= 0.6 is 0 Å². The molecule has 0 radical (unpaired) electrons. The SMILES string of the molecule is CNC1(CO)CCCC(Oc2ccc3c(c2)CCC3)C1. The Morgan fingerprint density at radius 2 is 2.15 bits per heavy atom. The van der Waals surface area contributed by atoms with E-state index in [0.29, 0.717) is 0 Å². The molecule has 3 rings (SSSR count). The van der Waals surface area contributed by atoms with E-state index in [1.165, 1.54) is 30.4 Å². The number of fused-ring (bicyclic) bond motifs is 1. The van der Waals surface area contributed by atoms with Gasteiger partial charge in [-0.25, -0.2) is 0 Å². The van der Waals surface area contributed by atoms with Crippen molar-refractivity contribution in [3.8, 4) is 5.75 Å². The topological polar surface area (TPSA) is 41.5 Å². The number of ether oxygens (including phenoxy) is 1. The monoisotopic (exact) mass is 275 g/mol.